The zero-order valence-electron chi connectivity index (χ0n) is 11.3. The van der Waals surface area contributed by atoms with Crippen molar-refractivity contribution in [2.24, 2.45) is 5.84 Å². The Bertz CT molecular complexity index is 250. The molecule has 0 radical (unpaired) electrons. The number of amides is 1. The van der Waals surface area contributed by atoms with Crippen molar-refractivity contribution >= 4 is 5.91 Å². The molecular formula is C12H26N4O2. The third-order valence-electron chi connectivity index (χ3n) is 3.49. The van der Waals surface area contributed by atoms with E-state index in [4.69, 9.17) is 10.9 Å². The van der Waals surface area contributed by atoms with Gasteiger partial charge in [-0.3, -0.25) is 20.0 Å². The monoisotopic (exact) mass is 258 g/mol. The molecule has 1 heterocycles. The highest BCUT2D eigenvalue weighted by Gasteiger charge is 2.26. The predicted octanol–water partition coefficient (Wildman–Crippen LogP) is -0.855. The number of rotatable bonds is 6. The molecule has 0 spiro atoms. The molecule has 0 aromatic heterocycles. The summed E-state index contributed by atoms with van der Waals surface area (Å²) >= 11 is 0. The third-order valence-corrected chi connectivity index (χ3v) is 3.49. The Morgan fingerprint density at radius 2 is 2.17 bits per heavy atom. The van der Waals surface area contributed by atoms with Crippen molar-refractivity contribution in [2.45, 2.75) is 32.2 Å². The second-order valence-electron chi connectivity index (χ2n) is 4.77. The molecule has 1 rings (SSSR count). The number of nitrogens with one attached hydrogen (secondary N) is 1. The van der Waals surface area contributed by atoms with Gasteiger partial charge in [0.2, 0.25) is 0 Å². The Balaban J connectivity index is 2.55. The van der Waals surface area contributed by atoms with E-state index in [9.17, 15) is 4.79 Å². The molecule has 0 aromatic rings. The highest BCUT2D eigenvalue weighted by molar-refractivity contribution is 5.81. The van der Waals surface area contributed by atoms with E-state index in [0.29, 0.717) is 0 Å². The van der Waals surface area contributed by atoms with Gasteiger partial charge in [0.15, 0.2) is 0 Å². The number of β-amino-alcohol motifs (C(OH)–C–C–N with tert-alkyl or cyclic N) is 1. The Morgan fingerprint density at radius 3 is 2.78 bits per heavy atom. The van der Waals surface area contributed by atoms with Crippen LogP contribution in [0.4, 0.5) is 0 Å². The number of hydrogen-bond acceptors (Lipinski definition) is 5. The van der Waals surface area contributed by atoms with Gasteiger partial charge in [-0.25, -0.2) is 5.84 Å². The number of hydrogen-bond donors (Lipinski definition) is 3. The highest BCUT2D eigenvalue weighted by Crippen LogP contribution is 2.11. The van der Waals surface area contributed by atoms with Crippen LogP contribution in [0.25, 0.3) is 0 Å². The lowest BCUT2D eigenvalue weighted by atomic mass is 10.1. The molecule has 1 amide bonds. The molecule has 1 atom stereocenters. The van der Waals surface area contributed by atoms with Crippen molar-refractivity contribution in [2.75, 3.05) is 39.3 Å². The minimum absolute atomic E-state index is 0.0903. The van der Waals surface area contributed by atoms with Crippen molar-refractivity contribution < 1.29 is 9.90 Å². The Kier molecular flexibility index (Phi) is 7.19. The maximum Gasteiger partial charge on any atom is 0.251 e. The topological polar surface area (TPSA) is 81.8 Å². The molecule has 6 nitrogen and oxygen atoms in total. The zero-order valence-corrected chi connectivity index (χ0v) is 11.3. The number of nitrogens with zero attached hydrogens (tertiary/aromatic N) is 2. The van der Waals surface area contributed by atoms with Crippen LogP contribution in [-0.4, -0.2) is 66.2 Å². The fraction of sp³-hybridized carbons (Fsp3) is 0.917. The van der Waals surface area contributed by atoms with Crippen LogP contribution in [0.3, 0.4) is 0 Å². The van der Waals surface area contributed by atoms with Crippen molar-refractivity contribution in [3.05, 3.63) is 0 Å². The maximum atomic E-state index is 11.8. The summed E-state index contributed by atoms with van der Waals surface area (Å²) in [5.41, 5.74) is 2.27. The lowest BCUT2D eigenvalue weighted by Gasteiger charge is -2.29. The number of aliphatic hydroxyl groups excluding tert-OH is 1. The van der Waals surface area contributed by atoms with Crippen LogP contribution in [0.5, 0.6) is 0 Å². The van der Waals surface area contributed by atoms with E-state index in [1.165, 1.54) is 0 Å². The molecule has 1 saturated heterocycles. The summed E-state index contributed by atoms with van der Waals surface area (Å²) in [6.07, 6.45) is 2.83. The zero-order chi connectivity index (χ0) is 13.4. The molecule has 1 aliphatic rings. The van der Waals surface area contributed by atoms with Crippen LogP contribution in [-0.2, 0) is 4.79 Å². The van der Waals surface area contributed by atoms with Crippen molar-refractivity contribution in [3.63, 3.8) is 0 Å². The van der Waals surface area contributed by atoms with E-state index in [1.807, 2.05) is 0 Å². The smallest absolute Gasteiger partial charge is 0.251 e. The van der Waals surface area contributed by atoms with E-state index >= 15 is 0 Å². The molecule has 4 N–H and O–H groups in total. The summed E-state index contributed by atoms with van der Waals surface area (Å²) in [5, 5.41) is 8.96. The van der Waals surface area contributed by atoms with Crippen LogP contribution in [0.15, 0.2) is 0 Å². The van der Waals surface area contributed by atoms with E-state index < -0.39 is 0 Å². The molecule has 0 bridgehead atoms. The van der Waals surface area contributed by atoms with Gasteiger partial charge < -0.3 is 5.11 Å². The fourth-order valence-corrected chi connectivity index (χ4v) is 2.52. The minimum Gasteiger partial charge on any atom is -0.395 e. The number of nitrogens with two attached hydrogens (primary N) is 1. The minimum atomic E-state index is -0.117. The first-order chi connectivity index (χ1) is 8.72. The SMILES string of the molecule is CCCC(C(=O)NN)N1CCCN(CCO)CC1. The van der Waals surface area contributed by atoms with Crippen LogP contribution >= 0.6 is 0 Å². The standard InChI is InChI=1S/C12H26N4O2/c1-2-4-11(12(18)14-13)16-6-3-5-15(7-8-16)9-10-17/h11,17H,2-10,13H2,1H3,(H,14,18). The van der Waals surface area contributed by atoms with Gasteiger partial charge in [-0.15, -0.1) is 0 Å². The summed E-state index contributed by atoms with van der Waals surface area (Å²) in [6.45, 7) is 6.65. The van der Waals surface area contributed by atoms with Crippen LogP contribution < -0.4 is 11.3 Å². The van der Waals surface area contributed by atoms with Gasteiger partial charge in [-0.2, -0.15) is 0 Å². The third kappa shape index (κ3) is 4.53. The Labute approximate surface area is 109 Å². The molecule has 1 fully saturated rings. The first-order valence-electron chi connectivity index (χ1n) is 6.80. The molecule has 1 unspecified atom stereocenters. The molecular weight excluding hydrogens is 232 g/mol. The largest absolute Gasteiger partial charge is 0.395 e. The molecule has 0 saturated carbocycles. The van der Waals surface area contributed by atoms with Gasteiger partial charge in [0.05, 0.1) is 12.6 Å². The lowest BCUT2D eigenvalue weighted by molar-refractivity contribution is -0.126. The maximum absolute atomic E-state index is 11.8. The van der Waals surface area contributed by atoms with Crippen LogP contribution in [0.2, 0.25) is 0 Å². The van der Waals surface area contributed by atoms with Gasteiger partial charge >= 0.3 is 0 Å². The van der Waals surface area contributed by atoms with E-state index in [-0.39, 0.29) is 18.6 Å². The Morgan fingerprint density at radius 1 is 1.39 bits per heavy atom. The van der Waals surface area contributed by atoms with Gasteiger partial charge in [-0.1, -0.05) is 13.3 Å². The molecule has 0 aliphatic carbocycles. The highest BCUT2D eigenvalue weighted by atomic mass is 16.3. The van der Waals surface area contributed by atoms with Crippen LogP contribution in [0.1, 0.15) is 26.2 Å². The normalized spacial score (nSPS) is 20.4. The van der Waals surface area contributed by atoms with Gasteiger partial charge in [0.1, 0.15) is 0 Å². The molecule has 1 aliphatic heterocycles. The number of aliphatic hydroxyl groups is 1. The second-order valence-corrected chi connectivity index (χ2v) is 4.77. The molecule has 18 heavy (non-hydrogen) atoms. The second kappa shape index (κ2) is 8.42. The average Bonchev–Trinajstić information content (AvgIpc) is 2.61. The first kappa shape index (κ1) is 15.4. The lowest BCUT2D eigenvalue weighted by Crippen LogP contribution is -2.50. The summed E-state index contributed by atoms with van der Waals surface area (Å²) in [5.74, 6) is 5.16. The predicted molar refractivity (Wildman–Crippen MR) is 70.7 cm³/mol. The molecule has 6 heteroatoms. The van der Waals surface area contributed by atoms with Crippen molar-refractivity contribution in [1.82, 2.24) is 15.2 Å². The van der Waals surface area contributed by atoms with Crippen LogP contribution in [0, 0.1) is 0 Å². The van der Waals surface area contributed by atoms with E-state index in [0.717, 1.165) is 52.0 Å². The van der Waals surface area contributed by atoms with Gasteiger partial charge in [0, 0.05) is 26.2 Å². The van der Waals surface area contributed by atoms with E-state index in [1.54, 1.807) is 0 Å². The van der Waals surface area contributed by atoms with Crippen molar-refractivity contribution in [1.29, 1.82) is 0 Å². The van der Waals surface area contributed by atoms with Crippen molar-refractivity contribution in [3.8, 4) is 0 Å². The van der Waals surface area contributed by atoms with Gasteiger partial charge in [-0.05, 0) is 19.4 Å². The summed E-state index contributed by atoms with van der Waals surface area (Å²) in [7, 11) is 0. The first-order valence-corrected chi connectivity index (χ1v) is 6.80. The average molecular weight is 258 g/mol. The Hall–Kier alpha value is -0.690. The number of carbonyl (C=O) groups is 1. The number of carbonyl (C=O) groups excluding carboxylic acids is 1. The summed E-state index contributed by atoms with van der Waals surface area (Å²) in [6, 6.07) is -0.117. The number of hydrazine groups is 1. The summed E-state index contributed by atoms with van der Waals surface area (Å²) in [4.78, 5) is 16.2. The summed E-state index contributed by atoms with van der Waals surface area (Å²) < 4.78 is 0. The molecule has 0 aromatic carbocycles. The molecule has 106 valence electrons. The van der Waals surface area contributed by atoms with Gasteiger partial charge in [0.25, 0.3) is 5.91 Å². The fourth-order valence-electron chi connectivity index (χ4n) is 2.52. The van der Waals surface area contributed by atoms with E-state index in [2.05, 4.69) is 22.1 Å². The quantitative estimate of drug-likeness (QED) is 0.328.